The number of nitrogens with zero attached hydrogens (tertiary/aromatic N) is 3. The van der Waals surface area contributed by atoms with Gasteiger partial charge in [-0.1, -0.05) is 29.8 Å². The highest BCUT2D eigenvalue weighted by Gasteiger charge is 2.10. The molecule has 0 bridgehead atoms. The molecule has 0 saturated heterocycles. The van der Waals surface area contributed by atoms with Gasteiger partial charge in [0.25, 0.3) is 0 Å². The largest absolute Gasteiger partial charge is 0.477 e. The van der Waals surface area contributed by atoms with Crippen LogP contribution in [0.5, 0.6) is 0 Å². The number of anilines is 1. The highest BCUT2D eigenvalue weighted by atomic mass is 16.4. The maximum atomic E-state index is 10.9. The van der Waals surface area contributed by atoms with E-state index in [2.05, 4.69) is 16.0 Å². The normalized spacial score (nSPS) is 10.2. The van der Waals surface area contributed by atoms with Gasteiger partial charge in [-0.3, -0.25) is 0 Å². The fraction of sp³-hybridized carbons (Fsp3) is 0.214. The van der Waals surface area contributed by atoms with Crippen LogP contribution in [0, 0.1) is 6.92 Å². The zero-order valence-electron chi connectivity index (χ0n) is 10.9. The van der Waals surface area contributed by atoms with E-state index < -0.39 is 5.97 Å². The average Bonchev–Trinajstić information content (AvgIpc) is 2.39. The summed E-state index contributed by atoms with van der Waals surface area (Å²) in [6, 6.07) is 9.51. The Morgan fingerprint density at radius 3 is 2.84 bits per heavy atom. The van der Waals surface area contributed by atoms with Gasteiger partial charge in [-0.25, -0.2) is 14.8 Å². The first-order chi connectivity index (χ1) is 9.06. The van der Waals surface area contributed by atoms with Crippen molar-refractivity contribution in [2.75, 3.05) is 11.9 Å². The minimum Gasteiger partial charge on any atom is -0.477 e. The molecule has 19 heavy (non-hydrogen) atoms. The fourth-order valence-electron chi connectivity index (χ4n) is 1.81. The van der Waals surface area contributed by atoms with E-state index in [4.69, 9.17) is 5.11 Å². The molecule has 1 aromatic heterocycles. The molecular formula is C14H15N3O2. The van der Waals surface area contributed by atoms with Crippen LogP contribution >= 0.6 is 0 Å². The first-order valence-electron chi connectivity index (χ1n) is 5.89. The highest BCUT2D eigenvalue weighted by molar-refractivity contribution is 5.85. The molecule has 0 unspecified atom stereocenters. The van der Waals surface area contributed by atoms with Crippen LogP contribution in [-0.2, 0) is 6.54 Å². The standard InChI is InChI=1S/C14H15N3O2/c1-10-4-3-5-11(8-10)9-17(2)14-15-7-6-12(16-14)13(18)19/h3-8H,9H2,1-2H3,(H,18,19). The molecule has 0 aliphatic carbocycles. The van der Waals surface area contributed by atoms with Gasteiger partial charge in [0.15, 0.2) is 5.69 Å². The lowest BCUT2D eigenvalue weighted by Crippen LogP contribution is -2.20. The molecule has 1 heterocycles. The van der Waals surface area contributed by atoms with Crippen molar-refractivity contribution in [3.63, 3.8) is 0 Å². The van der Waals surface area contributed by atoms with Gasteiger partial charge in [0.2, 0.25) is 5.95 Å². The Balaban J connectivity index is 2.18. The van der Waals surface area contributed by atoms with Crippen molar-refractivity contribution in [3.05, 3.63) is 53.3 Å². The van der Waals surface area contributed by atoms with E-state index in [1.165, 1.54) is 17.8 Å². The smallest absolute Gasteiger partial charge is 0.354 e. The topological polar surface area (TPSA) is 66.3 Å². The van der Waals surface area contributed by atoms with Crippen molar-refractivity contribution >= 4 is 11.9 Å². The Bertz CT molecular complexity index is 599. The maximum absolute atomic E-state index is 10.9. The molecule has 0 fully saturated rings. The van der Waals surface area contributed by atoms with Crippen molar-refractivity contribution in [2.45, 2.75) is 13.5 Å². The SMILES string of the molecule is Cc1cccc(CN(C)c2nccc(C(=O)O)n2)c1. The molecule has 1 aromatic carbocycles. The summed E-state index contributed by atoms with van der Waals surface area (Å²) >= 11 is 0. The molecule has 98 valence electrons. The summed E-state index contributed by atoms with van der Waals surface area (Å²) < 4.78 is 0. The number of benzene rings is 1. The molecule has 5 nitrogen and oxygen atoms in total. The molecule has 0 spiro atoms. The molecule has 0 atom stereocenters. The predicted octanol–water partition coefficient (Wildman–Crippen LogP) is 2.12. The molecule has 0 radical (unpaired) electrons. The molecule has 2 aromatic rings. The Morgan fingerprint density at radius 2 is 2.16 bits per heavy atom. The van der Waals surface area contributed by atoms with E-state index in [0.29, 0.717) is 12.5 Å². The third-order valence-electron chi connectivity index (χ3n) is 2.71. The first-order valence-corrected chi connectivity index (χ1v) is 5.89. The Kier molecular flexibility index (Phi) is 3.75. The monoisotopic (exact) mass is 257 g/mol. The summed E-state index contributed by atoms with van der Waals surface area (Å²) in [6.07, 6.45) is 1.46. The van der Waals surface area contributed by atoms with Crippen molar-refractivity contribution in [3.8, 4) is 0 Å². The van der Waals surface area contributed by atoms with Crippen molar-refractivity contribution in [2.24, 2.45) is 0 Å². The number of carboxylic acids is 1. The van der Waals surface area contributed by atoms with Crippen LogP contribution in [0.15, 0.2) is 36.5 Å². The van der Waals surface area contributed by atoms with E-state index in [-0.39, 0.29) is 5.69 Å². The lowest BCUT2D eigenvalue weighted by atomic mass is 10.1. The predicted molar refractivity (Wildman–Crippen MR) is 72.3 cm³/mol. The summed E-state index contributed by atoms with van der Waals surface area (Å²) in [5, 5.41) is 8.91. The molecule has 0 aliphatic heterocycles. The van der Waals surface area contributed by atoms with Gasteiger partial charge in [-0.2, -0.15) is 0 Å². The van der Waals surface area contributed by atoms with Crippen molar-refractivity contribution in [1.82, 2.24) is 9.97 Å². The van der Waals surface area contributed by atoms with Crippen LogP contribution in [0.1, 0.15) is 21.6 Å². The lowest BCUT2D eigenvalue weighted by Gasteiger charge is -2.17. The van der Waals surface area contributed by atoms with Gasteiger partial charge in [0.1, 0.15) is 0 Å². The second-order valence-corrected chi connectivity index (χ2v) is 4.39. The van der Waals surface area contributed by atoms with E-state index >= 15 is 0 Å². The number of hydrogen-bond donors (Lipinski definition) is 1. The maximum Gasteiger partial charge on any atom is 0.354 e. The van der Waals surface area contributed by atoms with E-state index in [0.717, 1.165) is 5.56 Å². The van der Waals surface area contributed by atoms with Gasteiger partial charge in [-0.05, 0) is 18.6 Å². The quantitative estimate of drug-likeness (QED) is 0.908. The average molecular weight is 257 g/mol. The van der Waals surface area contributed by atoms with Crippen molar-refractivity contribution in [1.29, 1.82) is 0 Å². The molecule has 1 N–H and O–H groups in total. The van der Waals surface area contributed by atoms with Gasteiger partial charge < -0.3 is 10.0 Å². The first kappa shape index (κ1) is 13.0. The number of aromatic carboxylic acids is 1. The molecular weight excluding hydrogens is 242 g/mol. The third kappa shape index (κ3) is 3.28. The summed E-state index contributed by atoms with van der Waals surface area (Å²) in [5.41, 5.74) is 2.32. The number of aromatic nitrogens is 2. The Labute approximate surface area is 111 Å². The zero-order chi connectivity index (χ0) is 13.8. The van der Waals surface area contributed by atoms with Gasteiger partial charge in [0, 0.05) is 19.8 Å². The summed E-state index contributed by atoms with van der Waals surface area (Å²) in [5.74, 6) is -0.644. The van der Waals surface area contributed by atoms with Gasteiger partial charge in [-0.15, -0.1) is 0 Å². The van der Waals surface area contributed by atoms with Crippen LogP contribution in [0.25, 0.3) is 0 Å². The van der Waals surface area contributed by atoms with Crippen LogP contribution in [0.3, 0.4) is 0 Å². The minimum atomic E-state index is -1.05. The molecule has 0 saturated carbocycles. The minimum absolute atomic E-state index is 0.00101. The molecule has 0 aliphatic rings. The van der Waals surface area contributed by atoms with Gasteiger partial charge in [0.05, 0.1) is 0 Å². The Morgan fingerprint density at radius 1 is 1.37 bits per heavy atom. The number of carboxylic acid groups (broad SMARTS) is 1. The van der Waals surface area contributed by atoms with Crippen LogP contribution in [0.4, 0.5) is 5.95 Å². The fourth-order valence-corrected chi connectivity index (χ4v) is 1.81. The number of hydrogen-bond acceptors (Lipinski definition) is 4. The van der Waals surface area contributed by atoms with E-state index in [1.807, 2.05) is 37.1 Å². The number of rotatable bonds is 4. The number of aryl methyl sites for hydroxylation is 1. The second kappa shape index (κ2) is 5.48. The lowest BCUT2D eigenvalue weighted by molar-refractivity contribution is 0.0690. The molecule has 0 amide bonds. The summed E-state index contributed by atoms with van der Waals surface area (Å²) in [4.78, 5) is 20.8. The second-order valence-electron chi connectivity index (χ2n) is 4.39. The third-order valence-corrected chi connectivity index (χ3v) is 2.71. The molecule has 5 heteroatoms. The zero-order valence-corrected chi connectivity index (χ0v) is 10.9. The van der Waals surface area contributed by atoms with E-state index in [1.54, 1.807) is 0 Å². The summed E-state index contributed by atoms with van der Waals surface area (Å²) in [7, 11) is 1.84. The highest BCUT2D eigenvalue weighted by Crippen LogP contribution is 2.11. The Hall–Kier alpha value is -2.43. The number of carbonyl (C=O) groups is 1. The molecule has 2 rings (SSSR count). The van der Waals surface area contributed by atoms with E-state index in [9.17, 15) is 4.79 Å². The van der Waals surface area contributed by atoms with Crippen LogP contribution in [0.2, 0.25) is 0 Å². The van der Waals surface area contributed by atoms with Crippen LogP contribution in [-0.4, -0.2) is 28.1 Å². The van der Waals surface area contributed by atoms with Crippen molar-refractivity contribution < 1.29 is 9.90 Å². The van der Waals surface area contributed by atoms with Gasteiger partial charge >= 0.3 is 5.97 Å². The van der Waals surface area contributed by atoms with Crippen LogP contribution < -0.4 is 4.90 Å². The summed E-state index contributed by atoms with van der Waals surface area (Å²) in [6.45, 7) is 2.66.